The maximum absolute atomic E-state index is 10.0. The predicted octanol–water partition coefficient (Wildman–Crippen LogP) is 0.317. The van der Waals surface area contributed by atoms with Crippen LogP contribution >= 0.6 is 0 Å². The van der Waals surface area contributed by atoms with Crippen LogP contribution in [0.2, 0.25) is 0 Å². The van der Waals surface area contributed by atoms with Gasteiger partial charge in [0.2, 0.25) is 0 Å². The van der Waals surface area contributed by atoms with E-state index in [0.29, 0.717) is 6.04 Å². The minimum absolute atomic E-state index is 0.253. The van der Waals surface area contributed by atoms with Crippen LogP contribution in [0.4, 0.5) is 5.82 Å². The van der Waals surface area contributed by atoms with Gasteiger partial charge >= 0.3 is 0 Å². The van der Waals surface area contributed by atoms with Crippen LogP contribution in [-0.2, 0) is 0 Å². The van der Waals surface area contributed by atoms with E-state index in [1.54, 1.807) is 0 Å². The highest BCUT2D eigenvalue weighted by molar-refractivity contribution is 5.38. The van der Waals surface area contributed by atoms with Crippen LogP contribution in [-0.4, -0.2) is 66.4 Å². The van der Waals surface area contributed by atoms with Gasteiger partial charge in [-0.25, -0.2) is 4.98 Å². The van der Waals surface area contributed by atoms with E-state index in [1.165, 1.54) is 12.8 Å². The SMILES string of the molecule is OC(CNC1CC1)CN1CCN(c2ccccn2)CC1. The molecule has 0 spiro atoms. The second kappa shape index (κ2) is 6.52. The summed E-state index contributed by atoms with van der Waals surface area (Å²) in [4.78, 5) is 9.05. The molecule has 2 N–H and O–H groups in total. The van der Waals surface area contributed by atoms with Gasteiger partial charge < -0.3 is 15.3 Å². The molecule has 3 rings (SSSR count). The fourth-order valence-corrected chi connectivity index (χ4v) is 2.65. The number of aliphatic hydroxyl groups excluding tert-OH is 1. The van der Waals surface area contributed by atoms with Gasteiger partial charge in [-0.2, -0.15) is 0 Å². The minimum Gasteiger partial charge on any atom is -0.390 e. The zero-order valence-electron chi connectivity index (χ0n) is 11.9. The third-order valence-corrected chi connectivity index (χ3v) is 4.03. The highest BCUT2D eigenvalue weighted by atomic mass is 16.3. The number of hydrogen-bond acceptors (Lipinski definition) is 5. The molecule has 2 aliphatic rings. The van der Waals surface area contributed by atoms with Crippen molar-refractivity contribution in [3.8, 4) is 0 Å². The lowest BCUT2D eigenvalue weighted by Crippen LogP contribution is -2.50. The molecule has 2 heterocycles. The van der Waals surface area contributed by atoms with Gasteiger partial charge in [0.25, 0.3) is 0 Å². The van der Waals surface area contributed by atoms with Crippen molar-refractivity contribution in [3.05, 3.63) is 24.4 Å². The third kappa shape index (κ3) is 3.91. The Balaban J connectivity index is 1.39. The second-order valence-corrected chi connectivity index (χ2v) is 5.81. The van der Waals surface area contributed by atoms with E-state index < -0.39 is 0 Å². The molecular formula is C15H24N4O. The van der Waals surface area contributed by atoms with Gasteiger partial charge in [0, 0.05) is 51.5 Å². The summed E-state index contributed by atoms with van der Waals surface area (Å²) in [7, 11) is 0. The Bertz CT molecular complexity index is 402. The van der Waals surface area contributed by atoms with E-state index in [2.05, 4.69) is 26.2 Å². The molecule has 0 aromatic carbocycles. The van der Waals surface area contributed by atoms with Crippen molar-refractivity contribution in [1.29, 1.82) is 0 Å². The lowest BCUT2D eigenvalue weighted by Gasteiger charge is -2.36. The molecular weight excluding hydrogens is 252 g/mol. The first kappa shape index (κ1) is 13.8. The number of piperazine rings is 1. The Labute approximate surface area is 120 Å². The summed E-state index contributed by atoms with van der Waals surface area (Å²) >= 11 is 0. The van der Waals surface area contributed by atoms with Crippen molar-refractivity contribution in [2.24, 2.45) is 0 Å². The number of nitrogens with one attached hydrogen (secondary N) is 1. The molecule has 0 radical (unpaired) electrons. The van der Waals surface area contributed by atoms with E-state index in [4.69, 9.17) is 0 Å². The lowest BCUT2D eigenvalue weighted by atomic mass is 10.2. The molecule has 0 amide bonds. The highest BCUT2D eigenvalue weighted by Crippen LogP contribution is 2.18. The molecule has 1 atom stereocenters. The van der Waals surface area contributed by atoms with Crippen molar-refractivity contribution in [2.45, 2.75) is 25.0 Å². The van der Waals surface area contributed by atoms with Gasteiger partial charge in [-0.05, 0) is 25.0 Å². The van der Waals surface area contributed by atoms with Crippen molar-refractivity contribution in [2.75, 3.05) is 44.2 Å². The Morgan fingerprint density at radius 2 is 2.05 bits per heavy atom. The standard InChI is InChI=1S/C15H24N4O/c20-14(11-17-13-4-5-13)12-18-7-9-19(10-8-18)15-3-1-2-6-16-15/h1-3,6,13-14,17,20H,4-5,7-12H2. The molecule has 1 aromatic heterocycles. The van der Waals surface area contributed by atoms with Gasteiger partial charge in [-0.15, -0.1) is 0 Å². The first-order valence-electron chi connectivity index (χ1n) is 7.61. The smallest absolute Gasteiger partial charge is 0.128 e. The molecule has 1 saturated heterocycles. The summed E-state index contributed by atoms with van der Waals surface area (Å²) in [6.45, 7) is 5.47. The van der Waals surface area contributed by atoms with E-state index >= 15 is 0 Å². The van der Waals surface area contributed by atoms with Crippen molar-refractivity contribution in [3.63, 3.8) is 0 Å². The second-order valence-electron chi connectivity index (χ2n) is 5.81. The first-order chi connectivity index (χ1) is 9.81. The maximum Gasteiger partial charge on any atom is 0.128 e. The first-order valence-corrected chi connectivity index (χ1v) is 7.61. The Morgan fingerprint density at radius 1 is 1.25 bits per heavy atom. The van der Waals surface area contributed by atoms with E-state index in [-0.39, 0.29) is 6.10 Å². The van der Waals surface area contributed by atoms with E-state index in [9.17, 15) is 5.11 Å². The molecule has 1 aliphatic carbocycles. The van der Waals surface area contributed by atoms with Gasteiger partial charge in [0.1, 0.15) is 5.82 Å². The summed E-state index contributed by atoms with van der Waals surface area (Å²) in [5.41, 5.74) is 0. The molecule has 1 aromatic rings. The van der Waals surface area contributed by atoms with E-state index in [1.807, 2.05) is 18.3 Å². The number of rotatable bonds is 6. The number of β-amino-alcohol motifs (C(OH)–C–C–N with tert-alkyl or cyclic N) is 1. The Morgan fingerprint density at radius 3 is 2.70 bits per heavy atom. The molecule has 1 aliphatic heterocycles. The summed E-state index contributed by atoms with van der Waals surface area (Å²) in [5.74, 6) is 1.06. The minimum atomic E-state index is -0.253. The van der Waals surface area contributed by atoms with Gasteiger partial charge in [-0.1, -0.05) is 6.07 Å². The van der Waals surface area contributed by atoms with Crippen LogP contribution in [0.1, 0.15) is 12.8 Å². The van der Waals surface area contributed by atoms with Crippen LogP contribution in [0, 0.1) is 0 Å². The average molecular weight is 276 g/mol. The molecule has 110 valence electrons. The molecule has 1 unspecified atom stereocenters. The summed E-state index contributed by atoms with van der Waals surface area (Å²) in [5, 5.41) is 13.4. The fraction of sp³-hybridized carbons (Fsp3) is 0.667. The lowest BCUT2D eigenvalue weighted by molar-refractivity contribution is 0.107. The number of aliphatic hydroxyl groups is 1. The van der Waals surface area contributed by atoms with Crippen molar-refractivity contribution >= 4 is 5.82 Å². The topological polar surface area (TPSA) is 51.6 Å². The molecule has 5 nitrogen and oxygen atoms in total. The molecule has 20 heavy (non-hydrogen) atoms. The highest BCUT2D eigenvalue weighted by Gasteiger charge is 2.23. The zero-order valence-corrected chi connectivity index (χ0v) is 11.9. The maximum atomic E-state index is 10.0. The number of pyridine rings is 1. The molecule has 2 fully saturated rings. The van der Waals surface area contributed by atoms with Gasteiger partial charge in [0.05, 0.1) is 6.10 Å². The number of hydrogen-bond donors (Lipinski definition) is 2. The quantitative estimate of drug-likeness (QED) is 0.783. The predicted molar refractivity (Wildman–Crippen MR) is 79.9 cm³/mol. The van der Waals surface area contributed by atoms with Gasteiger partial charge in [0.15, 0.2) is 0 Å². The third-order valence-electron chi connectivity index (χ3n) is 4.03. The van der Waals surface area contributed by atoms with E-state index in [0.717, 1.165) is 45.1 Å². The van der Waals surface area contributed by atoms with Crippen molar-refractivity contribution < 1.29 is 5.11 Å². The number of nitrogens with zero attached hydrogens (tertiary/aromatic N) is 3. The normalized spacial score (nSPS) is 21.9. The van der Waals surface area contributed by atoms with Crippen LogP contribution < -0.4 is 10.2 Å². The summed E-state index contributed by atoms with van der Waals surface area (Å²) in [6, 6.07) is 6.71. The number of aromatic nitrogens is 1. The summed E-state index contributed by atoms with van der Waals surface area (Å²) in [6.07, 6.45) is 4.14. The van der Waals surface area contributed by atoms with Gasteiger partial charge in [-0.3, -0.25) is 4.90 Å². The number of anilines is 1. The average Bonchev–Trinajstić information content (AvgIpc) is 3.31. The molecule has 0 bridgehead atoms. The summed E-state index contributed by atoms with van der Waals surface area (Å²) < 4.78 is 0. The van der Waals surface area contributed by atoms with Crippen LogP contribution in [0.15, 0.2) is 24.4 Å². The Kier molecular flexibility index (Phi) is 4.50. The van der Waals surface area contributed by atoms with Crippen LogP contribution in [0.3, 0.4) is 0 Å². The van der Waals surface area contributed by atoms with Crippen molar-refractivity contribution in [1.82, 2.24) is 15.2 Å². The zero-order chi connectivity index (χ0) is 13.8. The molecule has 5 heteroatoms. The van der Waals surface area contributed by atoms with Crippen LogP contribution in [0.25, 0.3) is 0 Å². The molecule has 1 saturated carbocycles. The Hall–Kier alpha value is -1.17. The van der Waals surface area contributed by atoms with Crippen LogP contribution in [0.5, 0.6) is 0 Å². The fourth-order valence-electron chi connectivity index (χ4n) is 2.65. The largest absolute Gasteiger partial charge is 0.390 e. The monoisotopic (exact) mass is 276 g/mol.